The molecule has 2 heterocycles. The summed E-state index contributed by atoms with van der Waals surface area (Å²) in [6.45, 7) is 4.01. The van der Waals surface area contributed by atoms with E-state index in [2.05, 4.69) is 53.3 Å². The SMILES string of the molecule is Cc1ccsc1C(Cc1ccccc1)NC(=O)C1CCNCC1.Cl. The van der Waals surface area contributed by atoms with Crippen molar-refractivity contribution in [1.29, 1.82) is 0 Å². The van der Waals surface area contributed by atoms with Gasteiger partial charge in [0.05, 0.1) is 6.04 Å². The van der Waals surface area contributed by atoms with Crippen LogP contribution in [-0.2, 0) is 11.2 Å². The van der Waals surface area contributed by atoms with Crippen LogP contribution in [0.1, 0.15) is 34.9 Å². The van der Waals surface area contributed by atoms with E-state index < -0.39 is 0 Å². The van der Waals surface area contributed by atoms with Crippen molar-refractivity contribution >= 4 is 29.7 Å². The number of halogens is 1. The lowest BCUT2D eigenvalue weighted by Gasteiger charge is -2.25. The summed E-state index contributed by atoms with van der Waals surface area (Å²) in [7, 11) is 0. The standard InChI is InChI=1S/C19H24N2OS.ClH/c1-14-9-12-23-18(14)17(13-15-5-3-2-4-6-15)21-19(22)16-7-10-20-11-8-16;/h2-6,9,12,16-17,20H,7-8,10-11,13H2,1H3,(H,21,22);1H. The third kappa shape index (κ3) is 4.82. The quantitative estimate of drug-likeness (QED) is 0.845. The predicted molar refractivity (Wildman–Crippen MR) is 103 cm³/mol. The number of benzene rings is 1. The minimum absolute atomic E-state index is 0. The van der Waals surface area contributed by atoms with Crippen LogP contribution in [0.5, 0.6) is 0 Å². The first-order valence-electron chi connectivity index (χ1n) is 8.33. The molecule has 1 unspecified atom stereocenters. The molecule has 1 aliphatic rings. The highest BCUT2D eigenvalue weighted by Crippen LogP contribution is 2.27. The highest BCUT2D eigenvalue weighted by Gasteiger charge is 2.25. The largest absolute Gasteiger partial charge is 0.348 e. The average molecular weight is 365 g/mol. The number of hydrogen-bond acceptors (Lipinski definition) is 3. The molecule has 1 fully saturated rings. The van der Waals surface area contributed by atoms with Gasteiger partial charge < -0.3 is 10.6 Å². The maximum atomic E-state index is 12.7. The summed E-state index contributed by atoms with van der Waals surface area (Å²) in [5.74, 6) is 0.357. The Labute approximate surface area is 154 Å². The summed E-state index contributed by atoms with van der Waals surface area (Å²) in [6.07, 6.45) is 2.72. The number of hydrogen-bond donors (Lipinski definition) is 2. The predicted octanol–water partition coefficient (Wildman–Crippen LogP) is 3.88. The Hall–Kier alpha value is -1.36. The fourth-order valence-corrected chi connectivity index (χ4v) is 4.15. The molecule has 2 N–H and O–H groups in total. The summed E-state index contributed by atoms with van der Waals surface area (Å²) in [5.41, 5.74) is 2.53. The average Bonchev–Trinajstić information content (AvgIpc) is 3.02. The van der Waals surface area contributed by atoms with E-state index in [4.69, 9.17) is 0 Å². The van der Waals surface area contributed by atoms with Gasteiger partial charge in [-0.15, -0.1) is 23.7 Å². The number of rotatable bonds is 5. The third-order valence-corrected chi connectivity index (χ3v) is 5.66. The molecule has 5 heteroatoms. The molecule has 1 aromatic carbocycles. The number of piperidine rings is 1. The molecule has 24 heavy (non-hydrogen) atoms. The maximum Gasteiger partial charge on any atom is 0.223 e. The van der Waals surface area contributed by atoms with E-state index in [1.54, 1.807) is 11.3 Å². The van der Waals surface area contributed by atoms with Crippen molar-refractivity contribution in [2.45, 2.75) is 32.2 Å². The van der Waals surface area contributed by atoms with Crippen molar-refractivity contribution in [3.8, 4) is 0 Å². The van der Waals surface area contributed by atoms with Gasteiger partial charge in [-0.05, 0) is 61.8 Å². The number of amides is 1. The van der Waals surface area contributed by atoms with Gasteiger partial charge in [0.2, 0.25) is 5.91 Å². The molecule has 1 aliphatic heterocycles. The maximum absolute atomic E-state index is 12.7. The van der Waals surface area contributed by atoms with Crippen LogP contribution in [-0.4, -0.2) is 19.0 Å². The number of nitrogens with one attached hydrogen (secondary N) is 2. The van der Waals surface area contributed by atoms with Crippen molar-refractivity contribution in [1.82, 2.24) is 10.6 Å². The molecule has 1 atom stereocenters. The Kier molecular flexibility index (Phi) is 7.28. The molecule has 3 rings (SSSR count). The number of carbonyl (C=O) groups is 1. The summed E-state index contributed by atoms with van der Waals surface area (Å²) < 4.78 is 0. The second kappa shape index (κ2) is 9.21. The van der Waals surface area contributed by atoms with Gasteiger partial charge in [-0.1, -0.05) is 30.3 Å². The van der Waals surface area contributed by atoms with Gasteiger partial charge in [-0.2, -0.15) is 0 Å². The van der Waals surface area contributed by atoms with E-state index in [-0.39, 0.29) is 30.3 Å². The Morgan fingerprint density at radius 2 is 1.96 bits per heavy atom. The minimum Gasteiger partial charge on any atom is -0.348 e. The van der Waals surface area contributed by atoms with Crippen LogP contribution >= 0.6 is 23.7 Å². The van der Waals surface area contributed by atoms with Gasteiger partial charge in [0.25, 0.3) is 0 Å². The van der Waals surface area contributed by atoms with Crippen molar-refractivity contribution in [3.05, 3.63) is 57.8 Å². The lowest BCUT2D eigenvalue weighted by molar-refractivity contribution is -0.126. The van der Waals surface area contributed by atoms with Gasteiger partial charge in [-0.3, -0.25) is 4.79 Å². The van der Waals surface area contributed by atoms with Crippen LogP contribution < -0.4 is 10.6 Å². The van der Waals surface area contributed by atoms with Crippen LogP contribution in [0.2, 0.25) is 0 Å². The smallest absolute Gasteiger partial charge is 0.223 e. The number of carbonyl (C=O) groups excluding carboxylic acids is 1. The van der Waals surface area contributed by atoms with Crippen molar-refractivity contribution in [3.63, 3.8) is 0 Å². The zero-order valence-corrected chi connectivity index (χ0v) is 15.6. The number of aryl methyl sites for hydroxylation is 1. The summed E-state index contributed by atoms with van der Waals surface area (Å²) in [4.78, 5) is 13.9. The summed E-state index contributed by atoms with van der Waals surface area (Å²) in [5, 5.41) is 8.75. The van der Waals surface area contributed by atoms with Gasteiger partial charge in [0, 0.05) is 10.8 Å². The minimum atomic E-state index is 0. The Balaban J connectivity index is 0.00000208. The van der Waals surface area contributed by atoms with Crippen LogP contribution in [0.15, 0.2) is 41.8 Å². The Morgan fingerprint density at radius 1 is 1.25 bits per heavy atom. The van der Waals surface area contributed by atoms with E-state index >= 15 is 0 Å². The van der Waals surface area contributed by atoms with E-state index in [0.717, 1.165) is 32.4 Å². The van der Waals surface area contributed by atoms with E-state index in [0.29, 0.717) is 0 Å². The van der Waals surface area contributed by atoms with Gasteiger partial charge in [0.1, 0.15) is 0 Å². The van der Waals surface area contributed by atoms with E-state index in [1.807, 2.05) is 6.07 Å². The highest BCUT2D eigenvalue weighted by atomic mass is 35.5. The molecule has 0 radical (unpaired) electrons. The Morgan fingerprint density at radius 3 is 2.58 bits per heavy atom. The molecule has 0 saturated carbocycles. The molecule has 0 bridgehead atoms. The fraction of sp³-hybridized carbons (Fsp3) is 0.421. The Bertz CT molecular complexity index is 638. The first-order valence-corrected chi connectivity index (χ1v) is 9.21. The lowest BCUT2D eigenvalue weighted by Crippen LogP contribution is -2.40. The zero-order chi connectivity index (χ0) is 16.1. The molecular formula is C19H25ClN2OS. The molecule has 3 nitrogen and oxygen atoms in total. The van der Waals surface area contributed by atoms with Crippen LogP contribution in [0.4, 0.5) is 0 Å². The zero-order valence-electron chi connectivity index (χ0n) is 14.0. The third-order valence-electron chi connectivity index (χ3n) is 4.53. The van der Waals surface area contributed by atoms with E-state index in [9.17, 15) is 4.79 Å². The number of thiophene rings is 1. The first-order chi connectivity index (χ1) is 11.2. The lowest BCUT2D eigenvalue weighted by atomic mass is 9.95. The molecule has 2 aromatic rings. The van der Waals surface area contributed by atoms with Crippen molar-refractivity contribution < 1.29 is 4.79 Å². The summed E-state index contributed by atoms with van der Waals surface area (Å²) >= 11 is 1.74. The molecule has 0 aliphatic carbocycles. The molecular weight excluding hydrogens is 340 g/mol. The topological polar surface area (TPSA) is 41.1 Å². The van der Waals surface area contributed by atoms with Crippen molar-refractivity contribution in [2.24, 2.45) is 5.92 Å². The summed E-state index contributed by atoms with van der Waals surface area (Å²) in [6, 6.07) is 12.6. The second-order valence-electron chi connectivity index (χ2n) is 6.24. The van der Waals surface area contributed by atoms with Crippen LogP contribution in [0.25, 0.3) is 0 Å². The first kappa shape index (κ1) is 19.0. The van der Waals surface area contributed by atoms with Crippen LogP contribution in [0, 0.1) is 12.8 Å². The molecule has 0 spiro atoms. The monoisotopic (exact) mass is 364 g/mol. The van der Waals surface area contributed by atoms with Gasteiger partial charge >= 0.3 is 0 Å². The van der Waals surface area contributed by atoms with E-state index in [1.165, 1.54) is 16.0 Å². The molecule has 1 amide bonds. The van der Waals surface area contributed by atoms with Gasteiger partial charge in [0.15, 0.2) is 0 Å². The highest BCUT2D eigenvalue weighted by molar-refractivity contribution is 7.10. The molecule has 130 valence electrons. The second-order valence-corrected chi connectivity index (χ2v) is 7.19. The molecule has 1 aromatic heterocycles. The van der Waals surface area contributed by atoms with Crippen molar-refractivity contribution in [2.75, 3.05) is 13.1 Å². The van der Waals surface area contributed by atoms with Gasteiger partial charge in [-0.25, -0.2) is 0 Å². The molecule has 1 saturated heterocycles. The normalized spacial score (nSPS) is 16.2. The van der Waals surface area contributed by atoms with Crippen LogP contribution in [0.3, 0.4) is 0 Å². The fourth-order valence-electron chi connectivity index (χ4n) is 3.17.